The summed E-state index contributed by atoms with van der Waals surface area (Å²) in [6.07, 6.45) is -0.603. The lowest BCUT2D eigenvalue weighted by Gasteiger charge is -2.38. The van der Waals surface area contributed by atoms with Gasteiger partial charge >= 0.3 is 18.2 Å². The minimum absolute atomic E-state index is 0.00188. The van der Waals surface area contributed by atoms with Crippen LogP contribution in [0.3, 0.4) is 0 Å². The Kier molecular flexibility index (Phi) is 7.01. The molecule has 0 aromatic carbocycles. The second kappa shape index (κ2) is 10.3. The number of alkyl halides is 3. The number of halogens is 3. The summed E-state index contributed by atoms with van der Waals surface area (Å²) in [5.74, 6) is -1.32. The van der Waals surface area contributed by atoms with Crippen LogP contribution >= 0.6 is 11.3 Å². The number of anilines is 1. The Hall–Kier alpha value is -4.37. The molecule has 1 aliphatic heterocycles. The minimum atomic E-state index is -4.66. The van der Waals surface area contributed by atoms with E-state index >= 15 is 0 Å². The van der Waals surface area contributed by atoms with Crippen LogP contribution in [0.5, 0.6) is 0 Å². The fraction of sp³-hybridized carbons (Fsp3) is 0.280. The van der Waals surface area contributed by atoms with Gasteiger partial charge in [0.25, 0.3) is 0 Å². The van der Waals surface area contributed by atoms with Crippen molar-refractivity contribution in [2.45, 2.75) is 19.1 Å². The van der Waals surface area contributed by atoms with Gasteiger partial charge in [0.15, 0.2) is 5.69 Å². The van der Waals surface area contributed by atoms with E-state index in [1.807, 2.05) is 11.9 Å². The topological polar surface area (TPSA) is 142 Å². The Balaban J connectivity index is 1.68. The Morgan fingerprint density at radius 3 is 2.55 bits per heavy atom. The summed E-state index contributed by atoms with van der Waals surface area (Å²) in [6, 6.07) is 2.19. The quantitative estimate of drug-likeness (QED) is 0.315. The highest BCUT2D eigenvalue weighted by molar-refractivity contribution is 7.13. The van der Waals surface area contributed by atoms with Gasteiger partial charge in [-0.15, -0.1) is 11.3 Å². The van der Waals surface area contributed by atoms with Crippen LogP contribution in [0.4, 0.5) is 23.8 Å². The van der Waals surface area contributed by atoms with E-state index in [4.69, 9.17) is 0 Å². The number of aromatic nitrogens is 4. The number of hydrogen-bond donors (Lipinski definition) is 3. The average molecular weight is 574 g/mol. The third-order valence-corrected chi connectivity index (χ3v) is 7.23. The molecule has 0 saturated carbocycles. The van der Waals surface area contributed by atoms with Crippen LogP contribution < -0.4 is 16.1 Å². The van der Waals surface area contributed by atoms with Crippen LogP contribution in [0.2, 0.25) is 0 Å². The minimum Gasteiger partial charge on any atom is -0.477 e. The van der Waals surface area contributed by atoms with Crippen molar-refractivity contribution in [1.29, 1.82) is 0 Å². The van der Waals surface area contributed by atoms with Crippen LogP contribution in [0.15, 0.2) is 40.9 Å². The highest BCUT2D eigenvalue weighted by Crippen LogP contribution is 2.39. The molecule has 15 heteroatoms. The molecule has 4 aromatic heterocycles. The zero-order chi connectivity index (χ0) is 28.8. The number of amides is 2. The first-order valence-electron chi connectivity index (χ1n) is 12.0. The SMILES string of the molecule is CCNC(=O)Nc1cc(-c2nc(C(F)(F)F)cs2)c(-c2cnc3c(c2)c(=O)c(C(=O)O)cn3C2CN(C)C2)cn1. The summed E-state index contributed by atoms with van der Waals surface area (Å²) in [5, 5.41) is 15.6. The van der Waals surface area contributed by atoms with Gasteiger partial charge in [-0.25, -0.2) is 24.5 Å². The molecule has 0 atom stereocenters. The molecule has 0 bridgehead atoms. The van der Waals surface area contributed by atoms with Gasteiger partial charge in [0.1, 0.15) is 22.0 Å². The zero-order valence-electron chi connectivity index (χ0n) is 21.1. The van der Waals surface area contributed by atoms with E-state index in [9.17, 15) is 32.7 Å². The lowest BCUT2D eigenvalue weighted by molar-refractivity contribution is -0.140. The summed E-state index contributed by atoms with van der Waals surface area (Å²) >= 11 is 0.751. The molecular formula is C25H22F3N7O4S. The number of aromatic carboxylic acids is 1. The van der Waals surface area contributed by atoms with Crippen molar-refractivity contribution in [2.75, 3.05) is 32.0 Å². The predicted octanol–water partition coefficient (Wildman–Crippen LogP) is 3.93. The molecule has 0 unspecified atom stereocenters. The van der Waals surface area contributed by atoms with Crippen LogP contribution in [0.1, 0.15) is 29.0 Å². The van der Waals surface area contributed by atoms with Crippen molar-refractivity contribution in [3.63, 3.8) is 0 Å². The second-order valence-electron chi connectivity index (χ2n) is 9.19. The first-order valence-corrected chi connectivity index (χ1v) is 12.9. The van der Waals surface area contributed by atoms with Gasteiger partial charge in [-0.2, -0.15) is 13.2 Å². The number of nitrogens with one attached hydrogen (secondary N) is 2. The first-order chi connectivity index (χ1) is 19.0. The van der Waals surface area contributed by atoms with Crippen molar-refractivity contribution in [3.8, 4) is 21.7 Å². The van der Waals surface area contributed by atoms with Crippen molar-refractivity contribution in [2.24, 2.45) is 0 Å². The Labute approximate surface area is 228 Å². The van der Waals surface area contributed by atoms with Gasteiger partial charge in [0.05, 0.1) is 11.4 Å². The third-order valence-electron chi connectivity index (χ3n) is 6.36. The van der Waals surface area contributed by atoms with E-state index in [1.165, 1.54) is 30.7 Å². The summed E-state index contributed by atoms with van der Waals surface area (Å²) in [4.78, 5) is 51.5. The molecule has 5 heterocycles. The van der Waals surface area contributed by atoms with Gasteiger partial charge < -0.3 is 19.9 Å². The monoisotopic (exact) mass is 573 g/mol. The van der Waals surface area contributed by atoms with Crippen molar-refractivity contribution in [3.05, 3.63) is 57.6 Å². The van der Waals surface area contributed by atoms with Crippen molar-refractivity contribution < 1.29 is 27.9 Å². The molecule has 0 radical (unpaired) electrons. The van der Waals surface area contributed by atoms with Gasteiger partial charge in [-0.1, -0.05) is 0 Å². The Morgan fingerprint density at radius 1 is 1.18 bits per heavy atom. The van der Waals surface area contributed by atoms with Crippen LogP contribution in [-0.4, -0.2) is 68.2 Å². The zero-order valence-corrected chi connectivity index (χ0v) is 21.9. The molecular weight excluding hydrogens is 551 g/mol. The Morgan fingerprint density at radius 2 is 1.93 bits per heavy atom. The number of carbonyl (C=O) groups excluding carboxylic acids is 1. The van der Waals surface area contributed by atoms with E-state index in [0.29, 0.717) is 25.2 Å². The Bertz CT molecular complexity index is 1700. The maximum absolute atomic E-state index is 13.3. The van der Waals surface area contributed by atoms with E-state index in [1.54, 1.807) is 11.5 Å². The molecule has 208 valence electrons. The number of likely N-dealkylation sites (N-methyl/N-ethyl adjacent to an activating group) is 1. The number of carbonyl (C=O) groups is 2. The number of carboxylic acids is 1. The van der Waals surface area contributed by atoms with Gasteiger partial charge in [-0.05, 0) is 26.1 Å². The summed E-state index contributed by atoms with van der Waals surface area (Å²) in [6.45, 7) is 3.34. The predicted molar refractivity (Wildman–Crippen MR) is 142 cm³/mol. The molecule has 3 N–H and O–H groups in total. The van der Waals surface area contributed by atoms with Gasteiger partial charge in [0.2, 0.25) is 5.43 Å². The number of pyridine rings is 3. The molecule has 0 aliphatic carbocycles. The number of carboxylic acid groups (broad SMARTS) is 1. The lowest BCUT2D eigenvalue weighted by atomic mass is 10.0. The van der Waals surface area contributed by atoms with Gasteiger partial charge in [0, 0.05) is 60.3 Å². The lowest BCUT2D eigenvalue weighted by Crippen LogP contribution is -2.45. The number of nitrogens with zero attached hydrogens (tertiary/aromatic N) is 5. The summed E-state index contributed by atoms with van der Waals surface area (Å²) < 4.78 is 41.7. The van der Waals surface area contributed by atoms with Crippen LogP contribution in [-0.2, 0) is 6.18 Å². The number of fused-ring (bicyclic) bond motifs is 1. The van der Waals surface area contributed by atoms with Gasteiger partial charge in [-0.3, -0.25) is 10.1 Å². The molecule has 1 aliphatic rings. The number of likely N-dealkylation sites (tertiary alicyclic amines) is 1. The van der Waals surface area contributed by atoms with Crippen LogP contribution in [0.25, 0.3) is 32.7 Å². The van der Waals surface area contributed by atoms with Crippen LogP contribution in [0, 0.1) is 0 Å². The number of rotatable bonds is 6. The van der Waals surface area contributed by atoms with E-state index in [-0.39, 0.29) is 39.0 Å². The highest BCUT2D eigenvalue weighted by atomic mass is 32.1. The number of hydrogen-bond acceptors (Lipinski definition) is 8. The first kappa shape index (κ1) is 27.2. The maximum Gasteiger partial charge on any atom is 0.434 e. The smallest absolute Gasteiger partial charge is 0.434 e. The largest absolute Gasteiger partial charge is 0.477 e. The molecule has 40 heavy (non-hydrogen) atoms. The van der Waals surface area contributed by atoms with Crippen molar-refractivity contribution >= 4 is 40.2 Å². The number of urea groups is 1. The number of thiazole rings is 1. The molecule has 1 fully saturated rings. The molecule has 4 aromatic rings. The summed E-state index contributed by atoms with van der Waals surface area (Å²) in [7, 11) is 1.91. The fourth-order valence-corrected chi connectivity index (χ4v) is 5.29. The highest BCUT2D eigenvalue weighted by Gasteiger charge is 2.34. The van der Waals surface area contributed by atoms with Crippen molar-refractivity contribution in [1.82, 2.24) is 29.7 Å². The normalized spacial score (nSPS) is 14.2. The molecule has 2 amide bonds. The second-order valence-corrected chi connectivity index (χ2v) is 10.0. The van der Waals surface area contributed by atoms with E-state index in [0.717, 1.165) is 16.7 Å². The van der Waals surface area contributed by atoms with E-state index < -0.39 is 34.9 Å². The molecule has 0 spiro atoms. The molecule has 1 saturated heterocycles. The molecule has 11 nitrogen and oxygen atoms in total. The fourth-order valence-electron chi connectivity index (χ4n) is 4.43. The maximum atomic E-state index is 13.3. The average Bonchev–Trinajstić information content (AvgIpc) is 3.38. The van der Waals surface area contributed by atoms with E-state index in [2.05, 4.69) is 25.6 Å². The standard InChI is InChI=1S/C25H22F3N7O4S/c1-3-29-24(39)33-19-5-14(22-32-18(11-40-22)25(26,27)28)16(7-30-19)12-4-15-20(36)17(23(37)38)10-35(21(15)31-6-12)13-8-34(2)9-13/h4-7,10-11,13H,3,8-9H2,1-2H3,(H,37,38)(H2,29,30,33,39). The summed E-state index contributed by atoms with van der Waals surface area (Å²) in [5.41, 5.74) is -1.15. The molecule has 5 rings (SSSR count). The third kappa shape index (κ3) is 5.12.